The van der Waals surface area contributed by atoms with E-state index in [2.05, 4.69) is 21.4 Å². The Bertz CT molecular complexity index is 962. The van der Waals surface area contributed by atoms with Crippen molar-refractivity contribution in [2.75, 3.05) is 23.4 Å². The number of aromatic nitrogens is 2. The fourth-order valence-corrected chi connectivity index (χ4v) is 3.88. The van der Waals surface area contributed by atoms with E-state index in [9.17, 15) is 15.2 Å². The summed E-state index contributed by atoms with van der Waals surface area (Å²) in [5.74, 6) is 1.32. The minimum absolute atomic E-state index is 0.0416. The SMILES string of the molecule is CC(C)(CO)c1ccc(Nc2cc(N3CC[C@@](C#N)(C4CC4)C3=O)ccn2)nc1. The molecule has 0 unspecified atom stereocenters. The minimum atomic E-state index is -0.853. The van der Waals surface area contributed by atoms with E-state index in [0.717, 1.165) is 24.1 Å². The number of hydrogen-bond donors (Lipinski definition) is 2. The first-order valence-corrected chi connectivity index (χ1v) is 9.93. The van der Waals surface area contributed by atoms with Gasteiger partial charge in [0, 0.05) is 36.1 Å². The summed E-state index contributed by atoms with van der Waals surface area (Å²) in [5.41, 5.74) is 0.480. The second kappa shape index (κ2) is 7.12. The molecule has 150 valence electrons. The molecule has 1 aliphatic carbocycles. The summed E-state index contributed by atoms with van der Waals surface area (Å²) in [7, 11) is 0. The number of carbonyl (C=O) groups is 1. The molecule has 1 amide bonds. The molecule has 2 aliphatic rings. The quantitative estimate of drug-likeness (QED) is 0.784. The number of amides is 1. The Morgan fingerprint density at radius 3 is 2.72 bits per heavy atom. The van der Waals surface area contributed by atoms with Crippen LogP contribution in [0.3, 0.4) is 0 Å². The van der Waals surface area contributed by atoms with Crippen LogP contribution >= 0.6 is 0 Å². The normalized spacial score (nSPS) is 21.9. The van der Waals surface area contributed by atoms with Crippen molar-refractivity contribution in [2.45, 2.75) is 38.5 Å². The molecule has 0 spiro atoms. The van der Waals surface area contributed by atoms with Crippen LogP contribution < -0.4 is 10.2 Å². The summed E-state index contributed by atoms with van der Waals surface area (Å²) >= 11 is 0. The first-order valence-electron chi connectivity index (χ1n) is 9.93. The van der Waals surface area contributed by atoms with Gasteiger partial charge in [0.15, 0.2) is 0 Å². The highest BCUT2D eigenvalue weighted by atomic mass is 16.3. The van der Waals surface area contributed by atoms with Crippen LogP contribution in [0.5, 0.6) is 0 Å². The van der Waals surface area contributed by atoms with Crippen molar-refractivity contribution in [3.63, 3.8) is 0 Å². The topological polar surface area (TPSA) is 102 Å². The van der Waals surface area contributed by atoms with Crippen LogP contribution in [0.25, 0.3) is 0 Å². The van der Waals surface area contributed by atoms with Crippen LogP contribution in [-0.2, 0) is 10.2 Å². The molecule has 29 heavy (non-hydrogen) atoms. The molecule has 2 aromatic heterocycles. The van der Waals surface area contributed by atoms with Crippen molar-refractivity contribution in [2.24, 2.45) is 11.3 Å². The van der Waals surface area contributed by atoms with Crippen LogP contribution in [0.15, 0.2) is 36.7 Å². The van der Waals surface area contributed by atoms with E-state index in [1.54, 1.807) is 23.4 Å². The summed E-state index contributed by atoms with van der Waals surface area (Å²) in [4.78, 5) is 23.4. The summed E-state index contributed by atoms with van der Waals surface area (Å²) in [6.45, 7) is 4.51. The van der Waals surface area contributed by atoms with Crippen LogP contribution in [0, 0.1) is 22.7 Å². The Balaban J connectivity index is 1.51. The summed E-state index contributed by atoms with van der Waals surface area (Å²) in [6, 6.07) is 9.69. The third-order valence-corrected chi connectivity index (χ3v) is 6.08. The molecule has 0 aromatic carbocycles. The highest BCUT2D eigenvalue weighted by Gasteiger charge is 2.56. The van der Waals surface area contributed by atoms with Gasteiger partial charge in [-0.2, -0.15) is 5.26 Å². The first kappa shape index (κ1) is 19.3. The number of carbonyl (C=O) groups excluding carboxylic acids is 1. The van der Waals surface area contributed by atoms with E-state index in [1.165, 1.54) is 0 Å². The number of aliphatic hydroxyl groups excluding tert-OH is 1. The molecule has 1 aliphatic heterocycles. The molecule has 2 fully saturated rings. The highest BCUT2D eigenvalue weighted by molar-refractivity contribution is 6.02. The van der Waals surface area contributed by atoms with E-state index in [1.807, 2.05) is 32.0 Å². The zero-order valence-corrected chi connectivity index (χ0v) is 16.7. The molecule has 4 rings (SSSR count). The molecule has 1 saturated carbocycles. The molecule has 0 radical (unpaired) electrons. The number of nitriles is 1. The van der Waals surface area contributed by atoms with Gasteiger partial charge in [0.1, 0.15) is 17.1 Å². The Morgan fingerprint density at radius 2 is 2.10 bits per heavy atom. The number of nitrogens with zero attached hydrogens (tertiary/aromatic N) is 4. The van der Waals surface area contributed by atoms with E-state index < -0.39 is 5.41 Å². The third kappa shape index (κ3) is 3.45. The van der Waals surface area contributed by atoms with Gasteiger partial charge in [-0.3, -0.25) is 4.79 Å². The van der Waals surface area contributed by atoms with Crippen LogP contribution in [0.1, 0.15) is 38.7 Å². The predicted molar refractivity (Wildman–Crippen MR) is 110 cm³/mol. The number of hydrogen-bond acceptors (Lipinski definition) is 6. The van der Waals surface area contributed by atoms with Gasteiger partial charge in [0.05, 0.1) is 12.7 Å². The predicted octanol–water partition coefficient (Wildman–Crippen LogP) is 3.15. The van der Waals surface area contributed by atoms with Gasteiger partial charge in [-0.05, 0) is 42.9 Å². The minimum Gasteiger partial charge on any atom is -0.395 e. The summed E-state index contributed by atoms with van der Waals surface area (Å²) < 4.78 is 0. The molecule has 0 bridgehead atoms. The fraction of sp³-hybridized carbons (Fsp3) is 0.455. The van der Waals surface area contributed by atoms with Gasteiger partial charge in [-0.1, -0.05) is 19.9 Å². The lowest BCUT2D eigenvalue weighted by atomic mass is 9.83. The van der Waals surface area contributed by atoms with E-state index in [-0.39, 0.29) is 23.8 Å². The monoisotopic (exact) mass is 391 g/mol. The zero-order valence-electron chi connectivity index (χ0n) is 16.7. The maximum absolute atomic E-state index is 13.0. The summed E-state index contributed by atoms with van der Waals surface area (Å²) in [6.07, 6.45) is 5.90. The fourth-order valence-electron chi connectivity index (χ4n) is 3.88. The van der Waals surface area contributed by atoms with Gasteiger partial charge in [-0.15, -0.1) is 0 Å². The van der Waals surface area contributed by atoms with Gasteiger partial charge in [-0.25, -0.2) is 9.97 Å². The third-order valence-electron chi connectivity index (χ3n) is 6.08. The standard InChI is InChI=1S/C22H25N5O2/c1-21(2,14-28)16-5-6-18(25-12-16)26-19-11-17(7-9-24-19)27-10-8-22(13-23,20(27)29)15-3-4-15/h5-7,9,11-12,15,28H,3-4,8,10,14H2,1-2H3,(H,24,25,26)/t22-/m1/s1. The lowest BCUT2D eigenvalue weighted by Crippen LogP contribution is -2.35. The lowest BCUT2D eigenvalue weighted by molar-refractivity contribution is -0.123. The number of anilines is 3. The van der Waals surface area contributed by atoms with Crippen LogP contribution in [0.2, 0.25) is 0 Å². The molecule has 1 atom stereocenters. The molecule has 1 saturated heterocycles. The Labute approximate surface area is 170 Å². The highest BCUT2D eigenvalue weighted by Crippen LogP contribution is 2.51. The van der Waals surface area contributed by atoms with E-state index in [4.69, 9.17) is 0 Å². The molecule has 2 aromatic rings. The second-order valence-corrected chi connectivity index (χ2v) is 8.56. The van der Waals surface area contributed by atoms with Crippen molar-refractivity contribution in [1.29, 1.82) is 5.26 Å². The first-order chi connectivity index (χ1) is 13.9. The molecular weight excluding hydrogens is 366 g/mol. The van der Waals surface area contributed by atoms with Gasteiger partial charge < -0.3 is 15.3 Å². The molecule has 2 N–H and O–H groups in total. The Morgan fingerprint density at radius 1 is 1.31 bits per heavy atom. The molecule has 3 heterocycles. The second-order valence-electron chi connectivity index (χ2n) is 8.56. The lowest BCUT2D eigenvalue weighted by Gasteiger charge is -2.22. The number of pyridine rings is 2. The number of nitrogens with one attached hydrogen (secondary N) is 1. The van der Waals surface area contributed by atoms with Crippen molar-refractivity contribution >= 4 is 23.2 Å². The van der Waals surface area contributed by atoms with E-state index >= 15 is 0 Å². The Kier molecular flexibility index (Phi) is 4.75. The van der Waals surface area contributed by atoms with Crippen LogP contribution in [0.4, 0.5) is 17.3 Å². The molecule has 7 heteroatoms. The van der Waals surface area contributed by atoms with Crippen LogP contribution in [-0.4, -0.2) is 34.1 Å². The van der Waals surface area contributed by atoms with Crippen molar-refractivity contribution in [1.82, 2.24) is 9.97 Å². The summed E-state index contributed by atoms with van der Waals surface area (Å²) in [5, 5.41) is 22.3. The average Bonchev–Trinajstić information content (AvgIpc) is 3.53. The number of aliphatic hydroxyl groups is 1. The Hall–Kier alpha value is -2.98. The maximum atomic E-state index is 13.0. The van der Waals surface area contributed by atoms with E-state index in [0.29, 0.717) is 24.6 Å². The molecule has 7 nitrogen and oxygen atoms in total. The van der Waals surface area contributed by atoms with Gasteiger partial charge >= 0.3 is 0 Å². The zero-order chi connectivity index (χ0) is 20.6. The van der Waals surface area contributed by atoms with Crippen molar-refractivity contribution in [3.8, 4) is 6.07 Å². The number of rotatable bonds is 6. The van der Waals surface area contributed by atoms with Gasteiger partial charge in [0.25, 0.3) is 0 Å². The average molecular weight is 391 g/mol. The van der Waals surface area contributed by atoms with Crippen molar-refractivity contribution in [3.05, 3.63) is 42.2 Å². The largest absolute Gasteiger partial charge is 0.395 e. The van der Waals surface area contributed by atoms with Gasteiger partial charge in [0.2, 0.25) is 5.91 Å². The smallest absolute Gasteiger partial charge is 0.247 e. The molecular formula is C22H25N5O2. The maximum Gasteiger partial charge on any atom is 0.247 e. The van der Waals surface area contributed by atoms with Crippen molar-refractivity contribution < 1.29 is 9.90 Å².